The van der Waals surface area contributed by atoms with E-state index in [4.69, 9.17) is 0 Å². The molecule has 1 aromatic carbocycles. The zero-order valence-corrected chi connectivity index (χ0v) is 14.1. The highest BCUT2D eigenvalue weighted by atomic mass is 19.4. The molecule has 24 heavy (non-hydrogen) atoms. The molecular formula is C17H23F3N2O2. The Hall–Kier alpha value is -2.05. The van der Waals surface area contributed by atoms with Gasteiger partial charge in [-0.3, -0.25) is 9.59 Å². The Morgan fingerprint density at radius 1 is 1.17 bits per heavy atom. The number of carbonyl (C=O) groups is 2. The van der Waals surface area contributed by atoms with Gasteiger partial charge in [0.15, 0.2) is 0 Å². The number of halogens is 3. The molecule has 0 bridgehead atoms. The van der Waals surface area contributed by atoms with Crippen molar-refractivity contribution >= 4 is 17.5 Å². The maximum absolute atomic E-state index is 13.1. The molecule has 0 fully saturated rings. The number of hydrogen-bond donors (Lipinski definition) is 1. The van der Waals surface area contributed by atoms with Crippen LogP contribution in [0.25, 0.3) is 0 Å². The van der Waals surface area contributed by atoms with Crippen molar-refractivity contribution in [2.45, 2.75) is 39.8 Å². The van der Waals surface area contributed by atoms with Gasteiger partial charge in [0, 0.05) is 25.9 Å². The minimum absolute atomic E-state index is 0.0195. The summed E-state index contributed by atoms with van der Waals surface area (Å²) < 4.78 is 39.3. The van der Waals surface area contributed by atoms with Crippen LogP contribution in [0.3, 0.4) is 0 Å². The molecule has 0 aliphatic carbocycles. The van der Waals surface area contributed by atoms with Crippen LogP contribution in [0, 0.1) is 5.92 Å². The van der Waals surface area contributed by atoms with Crippen molar-refractivity contribution in [3.8, 4) is 0 Å². The highest BCUT2D eigenvalue weighted by Gasteiger charge is 2.35. The predicted octanol–water partition coefficient (Wildman–Crippen LogP) is 3.61. The first-order chi connectivity index (χ1) is 11.2. The van der Waals surface area contributed by atoms with E-state index < -0.39 is 17.6 Å². The van der Waals surface area contributed by atoms with E-state index in [-0.39, 0.29) is 30.6 Å². The standard InChI is InChI=1S/C17H23F3N2O2/c1-4-13(5-2)16(24)21-10-11-22(12(3)23)15-9-7-6-8-14(15)17(18,19)20/h6-9,13H,4-5,10-11H2,1-3H3,(H,21,24). The number of nitrogens with one attached hydrogen (secondary N) is 1. The number of para-hydroxylation sites is 1. The molecule has 0 heterocycles. The SMILES string of the molecule is CCC(CC)C(=O)NCCN(C(C)=O)c1ccccc1C(F)(F)F. The fraction of sp³-hybridized carbons (Fsp3) is 0.529. The Morgan fingerprint density at radius 3 is 2.25 bits per heavy atom. The Labute approximate surface area is 140 Å². The third kappa shape index (κ3) is 5.25. The molecule has 4 nitrogen and oxygen atoms in total. The monoisotopic (exact) mass is 344 g/mol. The van der Waals surface area contributed by atoms with Crippen LogP contribution >= 0.6 is 0 Å². The smallest absolute Gasteiger partial charge is 0.354 e. The lowest BCUT2D eigenvalue weighted by molar-refractivity contribution is -0.137. The molecule has 0 aliphatic rings. The van der Waals surface area contributed by atoms with Gasteiger partial charge in [-0.05, 0) is 25.0 Å². The normalized spacial score (nSPS) is 11.5. The van der Waals surface area contributed by atoms with Crippen molar-refractivity contribution in [3.63, 3.8) is 0 Å². The Kier molecular flexibility index (Phi) is 7.25. The summed E-state index contributed by atoms with van der Waals surface area (Å²) in [6, 6.07) is 4.92. The zero-order chi connectivity index (χ0) is 18.3. The second-order valence-corrected chi connectivity index (χ2v) is 5.49. The van der Waals surface area contributed by atoms with E-state index >= 15 is 0 Å². The summed E-state index contributed by atoms with van der Waals surface area (Å²) in [6.45, 7) is 5.08. The molecule has 0 aliphatic heterocycles. The van der Waals surface area contributed by atoms with Crippen molar-refractivity contribution in [1.82, 2.24) is 5.32 Å². The van der Waals surface area contributed by atoms with E-state index in [0.29, 0.717) is 12.8 Å². The van der Waals surface area contributed by atoms with Crippen LogP contribution < -0.4 is 10.2 Å². The van der Waals surface area contributed by atoms with Crippen molar-refractivity contribution in [2.75, 3.05) is 18.0 Å². The van der Waals surface area contributed by atoms with Crippen LogP contribution in [0.5, 0.6) is 0 Å². The van der Waals surface area contributed by atoms with Crippen LogP contribution in [0.1, 0.15) is 39.2 Å². The molecule has 0 unspecified atom stereocenters. The lowest BCUT2D eigenvalue weighted by atomic mass is 10.0. The number of rotatable bonds is 7. The third-order valence-corrected chi connectivity index (χ3v) is 3.87. The van der Waals surface area contributed by atoms with E-state index in [1.807, 2.05) is 13.8 Å². The summed E-state index contributed by atoms with van der Waals surface area (Å²) in [5.74, 6) is -0.783. The van der Waals surface area contributed by atoms with Gasteiger partial charge in [-0.2, -0.15) is 13.2 Å². The number of anilines is 1. The van der Waals surface area contributed by atoms with Gasteiger partial charge in [0.2, 0.25) is 11.8 Å². The van der Waals surface area contributed by atoms with E-state index in [1.165, 1.54) is 25.1 Å². The summed E-state index contributed by atoms with van der Waals surface area (Å²) in [7, 11) is 0. The highest BCUT2D eigenvalue weighted by molar-refractivity contribution is 5.92. The van der Waals surface area contributed by atoms with Crippen LogP contribution in [0.2, 0.25) is 0 Å². The number of hydrogen-bond acceptors (Lipinski definition) is 2. The van der Waals surface area contributed by atoms with Crippen LogP contribution in [0.4, 0.5) is 18.9 Å². The number of benzene rings is 1. The van der Waals surface area contributed by atoms with E-state index in [0.717, 1.165) is 11.0 Å². The molecule has 1 aromatic rings. The second-order valence-electron chi connectivity index (χ2n) is 5.49. The molecule has 1 rings (SSSR count). The van der Waals surface area contributed by atoms with Gasteiger partial charge < -0.3 is 10.2 Å². The first kappa shape index (κ1) is 20.0. The fourth-order valence-corrected chi connectivity index (χ4v) is 2.49. The number of alkyl halides is 3. The average molecular weight is 344 g/mol. The minimum atomic E-state index is -4.55. The Balaban J connectivity index is 2.87. The molecule has 0 aromatic heterocycles. The van der Waals surface area contributed by atoms with Gasteiger partial charge >= 0.3 is 6.18 Å². The molecule has 0 atom stereocenters. The number of amides is 2. The zero-order valence-electron chi connectivity index (χ0n) is 14.1. The molecule has 0 spiro atoms. The van der Waals surface area contributed by atoms with Crippen molar-refractivity contribution in [3.05, 3.63) is 29.8 Å². The van der Waals surface area contributed by atoms with Gasteiger partial charge in [-0.1, -0.05) is 26.0 Å². The van der Waals surface area contributed by atoms with E-state index in [1.54, 1.807) is 0 Å². The van der Waals surface area contributed by atoms with Crippen LogP contribution in [-0.2, 0) is 15.8 Å². The topological polar surface area (TPSA) is 49.4 Å². The fourth-order valence-electron chi connectivity index (χ4n) is 2.49. The molecule has 2 amide bonds. The lowest BCUT2D eigenvalue weighted by Crippen LogP contribution is -2.40. The van der Waals surface area contributed by atoms with Crippen molar-refractivity contribution < 1.29 is 22.8 Å². The number of carbonyl (C=O) groups excluding carboxylic acids is 2. The first-order valence-electron chi connectivity index (χ1n) is 7.94. The summed E-state index contributed by atoms with van der Waals surface area (Å²) in [4.78, 5) is 24.8. The summed E-state index contributed by atoms with van der Waals surface area (Å²) in [6.07, 6.45) is -3.17. The summed E-state index contributed by atoms with van der Waals surface area (Å²) in [5.41, 5.74) is -1.07. The van der Waals surface area contributed by atoms with Crippen molar-refractivity contribution in [1.29, 1.82) is 0 Å². The summed E-state index contributed by atoms with van der Waals surface area (Å²) >= 11 is 0. The van der Waals surface area contributed by atoms with Gasteiger partial charge in [-0.25, -0.2) is 0 Å². The summed E-state index contributed by atoms with van der Waals surface area (Å²) in [5, 5.41) is 2.68. The molecular weight excluding hydrogens is 321 g/mol. The average Bonchev–Trinajstić information content (AvgIpc) is 2.51. The predicted molar refractivity (Wildman–Crippen MR) is 86.6 cm³/mol. The maximum atomic E-state index is 13.1. The van der Waals surface area contributed by atoms with Gasteiger partial charge in [0.25, 0.3) is 0 Å². The van der Waals surface area contributed by atoms with Crippen LogP contribution in [0.15, 0.2) is 24.3 Å². The van der Waals surface area contributed by atoms with Gasteiger partial charge in [0.05, 0.1) is 11.3 Å². The highest BCUT2D eigenvalue weighted by Crippen LogP contribution is 2.36. The Morgan fingerprint density at radius 2 is 1.75 bits per heavy atom. The maximum Gasteiger partial charge on any atom is 0.418 e. The van der Waals surface area contributed by atoms with Gasteiger partial charge in [0.1, 0.15) is 0 Å². The lowest BCUT2D eigenvalue weighted by Gasteiger charge is -2.25. The Bertz CT molecular complexity index is 569. The van der Waals surface area contributed by atoms with Crippen molar-refractivity contribution in [2.24, 2.45) is 5.92 Å². The van der Waals surface area contributed by atoms with Crippen LogP contribution in [-0.4, -0.2) is 24.9 Å². The molecule has 134 valence electrons. The third-order valence-electron chi connectivity index (χ3n) is 3.87. The number of nitrogens with zero attached hydrogens (tertiary/aromatic N) is 1. The molecule has 0 saturated heterocycles. The van der Waals surface area contributed by atoms with Gasteiger partial charge in [-0.15, -0.1) is 0 Å². The quantitative estimate of drug-likeness (QED) is 0.821. The van der Waals surface area contributed by atoms with E-state index in [9.17, 15) is 22.8 Å². The van der Waals surface area contributed by atoms with E-state index in [2.05, 4.69) is 5.32 Å². The molecule has 0 radical (unpaired) electrons. The molecule has 7 heteroatoms. The molecule has 0 saturated carbocycles. The largest absolute Gasteiger partial charge is 0.418 e. The minimum Gasteiger partial charge on any atom is -0.354 e. The second kappa shape index (κ2) is 8.70. The molecule has 1 N–H and O–H groups in total. The first-order valence-corrected chi connectivity index (χ1v) is 7.94.